The summed E-state index contributed by atoms with van der Waals surface area (Å²) in [5.74, 6) is -0.864. The summed E-state index contributed by atoms with van der Waals surface area (Å²) in [5.41, 5.74) is 4.80. The number of carbonyl (C=O) groups is 2. The number of aliphatic carboxylic acids is 1. The molecule has 0 aliphatic rings. The van der Waals surface area contributed by atoms with Gasteiger partial charge < -0.3 is 10.0 Å². The van der Waals surface area contributed by atoms with Crippen LogP contribution in [0.1, 0.15) is 44.2 Å². The van der Waals surface area contributed by atoms with Crippen molar-refractivity contribution in [1.29, 1.82) is 0 Å². The third-order valence-corrected chi connectivity index (χ3v) is 6.97. The number of H-pyrrole nitrogens is 1. The second-order valence-corrected chi connectivity index (χ2v) is 10.4. The molecule has 1 atom stereocenters. The Kier molecular flexibility index (Phi) is 9.49. The number of hydrogen-bond acceptors (Lipinski definition) is 6. The van der Waals surface area contributed by atoms with E-state index in [1.54, 1.807) is 0 Å². The molecule has 0 fully saturated rings. The van der Waals surface area contributed by atoms with E-state index in [0.29, 0.717) is 18.7 Å². The summed E-state index contributed by atoms with van der Waals surface area (Å²) in [4.78, 5) is 28.0. The molecule has 0 aliphatic carbocycles. The van der Waals surface area contributed by atoms with Gasteiger partial charge in [-0.2, -0.15) is 5.21 Å². The monoisotopic (exact) mass is 543 g/mol. The van der Waals surface area contributed by atoms with E-state index in [4.69, 9.17) is 0 Å². The van der Waals surface area contributed by atoms with E-state index in [1.807, 2.05) is 80.6 Å². The fourth-order valence-electron chi connectivity index (χ4n) is 4.77. The first-order valence-corrected chi connectivity index (χ1v) is 13.5. The Morgan fingerprint density at radius 3 is 2.33 bits per heavy atom. The Morgan fingerprint density at radius 2 is 1.69 bits per heavy atom. The highest BCUT2D eigenvalue weighted by atomic mass is 32.1. The lowest BCUT2D eigenvalue weighted by molar-refractivity contribution is -0.153. The van der Waals surface area contributed by atoms with Crippen molar-refractivity contribution >= 4 is 24.5 Å². The standard InChI is InChI=1S/C30H33N5O3S/c1-20(2)28(30(37)38)35(27(36)13-6-3-8-21-9-7-10-24(39)18-21)19-22-14-16-23(17-15-22)25-11-4-5-12-26(25)29-31-33-34-32-29/h4-5,7,9-12,14-18,20,28,39H,3,6,8,13,19H2,1-2H3,(H,37,38)(H,31,32,33,34)/t28-/m0/s1. The molecule has 9 heteroatoms. The topological polar surface area (TPSA) is 112 Å². The Hall–Kier alpha value is -3.98. The Labute approximate surface area is 233 Å². The van der Waals surface area contributed by atoms with E-state index in [-0.39, 0.29) is 18.4 Å². The molecule has 202 valence electrons. The molecule has 3 aromatic carbocycles. The second-order valence-electron chi connectivity index (χ2n) is 9.90. The summed E-state index contributed by atoms with van der Waals surface area (Å²) >= 11 is 4.39. The van der Waals surface area contributed by atoms with Gasteiger partial charge in [-0.05, 0) is 64.8 Å². The van der Waals surface area contributed by atoms with Crippen molar-refractivity contribution in [2.75, 3.05) is 0 Å². The highest BCUT2D eigenvalue weighted by molar-refractivity contribution is 7.80. The minimum absolute atomic E-state index is 0.148. The number of aromatic amines is 1. The van der Waals surface area contributed by atoms with Crippen LogP contribution < -0.4 is 0 Å². The van der Waals surface area contributed by atoms with Crippen molar-refractivity contribution in [2.24, 2.45) is 5.92 Å². The number of unbranched alkanes of at least 4 members (excludes halogenated alkanes) is 1. The van der Waals surface area contributed by atoms with E-state index in [1.165, 1.54) is 10.5 Å². The Balaban J connectivity index is 1.47. The predicted molar refractivity (Wildman–Crippen MR) is 153 cm³/mol. The highest BCUT2D eigenvalue weighted by Gasteiger charge is 2.32. The number of benzene rings is 3. The number of nitrogens with one attached hydrogen (secondary N) is 1. The van der Waals surface area contributed by atoms with E-state index in [9.17, 15) is 14.7 Å². The number of aryl methyl sites for hydroxylation is 1. The summed E-state index contributed by atoms with van der Waals surface area (Å²) < 4.78 is 0. The maximum Gasteiger partial charge on any atom is 0.326 e. The lowest BCUT2D eigenvalue weighted by atomic mass is 9.97. The summed E-state index contributed by atoms with van der Waals surface area (Å²) in [6.07, 6.45) is 2.67. The number of nitrogens with zero attached hydrogens (tertiary/aromatic N) is 4. The number of aromatic nitrogens is 4. The molecule has 0 saturated heterocycles. The molecule has 0 saturated carbocycles. The third-order valence-electron chi connectivity index (χ3n) is 6.69. The smallest absolute Gasteiger partial charge is 0.326 e. The molecule has 4 rings (SSSR count). The number of carboxylic acid groups (broad SMARTS) is 1. The molecule has 8 nitrogen and oxygen atoms in total. The number of thiol groups is 1. The van der Waals surface area contributed by atoms with Crippen LogP contribution in [0.25, 0.3) is 22.5 Å². The number of hydrogen-bond donors (Lipinski definition) is 3. The third kappa shape index (κ3) is 7.32. The molecule has 1 heterocycles. The molecule has 2 N–H and O–H groups in total. The zero-order valence-electron chi connectivity index (χ0n) is 22.1. The first kappa shape index (κ1) is 28.0. The molecule has 0 radical (unpaired) electrons. The highest BCUT2D eigenvalue weighted by Crippen LogP contribution is 2.30. The van der Waals surface area contributed by atoms with Gasteiger partial charge in [0.15, 0.2) is 0 Å². The van der Waals surface area contributed by atoms with Crippen LogP contribution in [0, 0.1) is 5.92 Å². The van der Waals surface area contributed by atoms with Crippen molar-refractivity contribution in [3.8, 4) is 22.5 Å². The maximum absolute atomic E-state index is 13.4. The van der Waals surface area contributed by atoms with E-state index >= 15 is 0 Å². The predicted octanol–water partition coefficient (Wildman–Crippen LogP) is 5.67. The summed E-state index contributed by atoms with van der Waals surface area (Å²) in [6.45, 7) is 3.89. The Morgan fingerprint density at radius 1 is 0.949 bits per heavy atom. The van der Waals surface area contributed by atoms with Gasteiger partial charge in [0.2, 0.25) is 11.7 Å². The van der Waals surface area contributed by atoms with Crippen LogP contribution >= 0.6 is 12.6 Å². The molecule has 0 aliphatic heterocycles. The van der Waals surface area contributed by atoms with E-state index in [2.05, 4.69) is 39.3 Å². The maximum atomic E-state index is 13.4. The number of amides is 1. The zero-order valence-corrected chi connectivity index (χ0v) is 23.0. The second kappa shape index (κ2) is 13.2. The molecule has 4 aromatic rings. The van der Waals surface area contributed by atoms with Gasteiger partial charge in [-0.25, -0.2) is 4.79 Å². The van der Waals surface area contributed by atoms with Gasteiger partial charge in [0, 0.05) is 23.4 Å². The molecule has 0 unspecified atom stereocenters. The van der Waals surface area contributed by atoms with E-state index in [0.717, 1.165) is 40.0 Å². The number of rotatable bonds is 12. The van der Waals surface area contributed by atoms with Gasteiger partial charge in [0.1, 0.15) is 6.04 Å². The van der Waals surface area contributed by atoms with Crippen LogP contribution in [0.3, 0.4) is 0 Å². The van der Waals surface area contributed by atoms with Crippen LogP contribution in [0.5, 0.6) is 0 Å². The first-order chi connectivity index (χ1) is 18.8. The molecular formula is C30H33N5O3S. The normalized spacial score (nSPS) is 11.9. The lowest BCUT2D eigenvalue weighted by Gasteiger charge is -2.32. The average Bonchev–Trinajstić information content (AvgIpc) is 3.46. The largest absolute Gasteiger partial charge is 0.480 e. The van der Waals surface area contributed by atoms with Gasteiger partial charge in [-0.3, -0.25) is 4.79 Å². The summed E-state index contributed by atoms with van der Waals surface area (Å²) in [7, 11) is 0. The van der Waals surface area contributed by atoms with Gasteiger partial charge in [-0.15, -0.1) is 22.8 Å². The number of carbonyl (C=O) groups excluding carboxylic acids is 1. The lowest BCUT2D eigenvalue weighted by Crippen LogP contribution is -2.47. The van der Waals surface area contributed by atoms with Crippen LogP contribution in [0.15, 0.2) is 77.7 Å². The van der Waals surface area contributed by atoms with Crippen LogP contribution in [0.2, 0.25) is 0 Å². The first-order valence-electron chi connectivity index (χ1n) is 13.1. The quantitative estimate of drug-likeness (QED) is 0.157. The van der Waals surface area contributed by atoms with Crippen LogP contribution in [-0.2, 0) is 22.6 Å². The minimum atomic E-state index is -0.991. The van der Waals surface area contributed by atoms with Crippen molar-refractivity contribution < 1.29 is 14.7 Å². The van der Waals surface area contributed by atoms with Crippen LogP contribution in [-0.4, -0.2) is 48.5 Å². The van der Waals surface area contributed by atoms with Gasteiger partial charge in [-0.1, -0.05) is 74.5 Å². The molecule has 1 aromatic heterocycles. The summed E-state index contributed by atoms with van der Waals surface area (Å²) in [5, 5.41) is 24.3. The van der Waals surface area contributed by atoms with Crippen molar-refractivity contribution in [3.63, 3.8) is 0 Å². The van der Waals surface area contributed by atoms with Crippen molar-refractivity contribution in [2.45, 2.75) is 57.0 Å². The molecule has 1 amide bonds. The fourth-order valence-corrected chi connectivity index (χ4v) is 5.02. The van der Waals surface area contributed by atoms with E-state index < -0.39 is 12.0 Å². The molecular weight excluding hydrogens is 510 g/mol. The number of carboxylic acids is 1. The number of tetrazole rings is 1. The van der Waals surface area contributed by atoms with Crippen LogP contribution in [0.4, 0.5) is 0 Å². The molecule has 0 spiro atoms. The Bertz CT molecular complexity index is 1390. The zero-order chi connectivity index (χ0) is 27.8. The van der Waals surface area contributed by atoms with Gasteiger partial charge in [0.05, 0.1) is 0 Å². The SMILES string of the molecule is CC(C)[C@@H](C(=O)O)N(Cc1ccc(-c2ccccc2-c2nn[nH]n2)cc1)C(=O)CCCCc1cccc(S)c1. The van der Waals surface area contributed by atoms with Crippen molar-refractivity contribution in [3.05, 3.63) is 83.9 Å². The minimum Gasteiger partial charge on any atom is -0.480 e. The van der Waals surface area contributed by atoms with Gasteiger partial charge in [0.25, 0.3) is 0 Å². The fraction of sp³-hybridized carbons (Fsp3) is 0.300. The van der Waals surface area contributed by atoms with Crippen molar-refractivity contribution in [1.82, 2.24) is 25.5 Å². The van der Waals surface area contributed by atoms with Gasteiger partial charge >= 0.3 is 5.97 Å². The molecule has 0 bridgehead atoms. The molecule has 39 heavy (non-hydrogen) atoms. The average molecular weight is 544 g/mol. The summed E-state index contributed by atoms with van der Waals surface area (Å²) in [6, 6.07) is 22.7.